The van der Waals surface area contributed by atoms with Crippen molar-refractivity contribution in [3.63, 3.8) is 0 Å². The number of ether oxygens (including phenoxy) is 1. The number of likely N-dealkylation sites (tertiary alicyclic amines) is 1. The monoisotopic (exact) mass is 281 g/mol. The average Bonchev–Trinajstić information content (AvgIpc) is 2.95. The summed E-state index contributed by atoms with van der Waals surface area (Å²) in [4.78, 5) is 25.6. The van der Waals surface area contributed by atoms with E-state index in [0.717, 1.165) is 6.42 Å². The molecule has 1 fully saturated rings. The number of carbonyl (C=O) groups excluding carboxylic acids is 2. The Morgan fingerprint density at radius 3 is 2.90 bits per heavy atom. The second kappa shape index (κ2) is 5.62. The molecule has 0 unspecified atom stereocenters. The lowest BCUT2D eigenvalue weighted by Crippen LogP contribution is -2.52. The third-order valence-corrected chi connectivity index (χ3v) is 3.74. The van der Waals surface area contributed by atoms with E-state index in [1.54, 1.807) is 18.9 Å². The van der Waals surface area contributed by atoms with Gasteiger partial charge in [0.2, 0.25) is 5.91 Å². The Bertz CT molecular complexity index is 513. The summed E-state index contributed by atoms with van der Waals surface area (Å²) >= 11 is 0. The number of hydrogen-bond donors (Lipinski definition) is 1. The highest BCUT2D eigenvalue weighted by molar-refractivity contribution is 5.96. The number of amides is 2. The molecule has 1 atom stereocenters. The van der Waals surface area contributed by atoms with Crippen molar-refractivity contribution in [3.8, 4) is 0 Å². The van der Waals surface area contributed by atoms with E-state index in [2.05, 4.69) is 5.16 Å². The molecular formula is C13H19N3O4. The van der Waals surface area contributed by atoms with Gasteiger partial charge in [0.1, 0.15) is 11.8 Å². The van der Waals surface area contributed by atoms with Crippen molar-refractivity contribution in [2.24, 2.45) is 5.73 Å². The van der Waals surface area contributed by atoms with Gasteiger partial charge in [-0.1, -0.05) is 5.16 Å². The summed E-state index contributed by atoms with van der Waals surface area (Å²) in [6, 6.07) is 0. The molecule has 20 heavy (non-hydrogen) atoms. The molecule has 0 bridgehead atoms. The fourth-order valence-electron chi connectivity index (χ4n) is 2.88. The van der Waals surface area contributed by atoms with Crippen LogP contribution in [-0.4, -0.2) is 47.7 Å². The molecule has 1 aliphatic heterocycles. The van der Waals surface area contributed by atoms with E-state index in [1.165, 1.54) is 6.26 Å². The molecule has 2 rings (SSSR count). The minimum absolute atomic E-state index is 0.0942. The standard InChI is InChI=1S/C13H19N3O4/c1-9-10(7-20-15-9)12(18)16-5-3-4-13(16,8-19-2)6-11(14)17/h7H,3-6,8H2,1-2H3,(H2,14,17)/t13-/m0/s1. The van der Waals surface area contributed by atoms with Crippen LogP contribution in [0.2, 0.25) is 0 Å². The maximum absolute atomic E-state index is 12.6. The van der Waals surface area contributed by atoms with Crippen molar-refractivity contribution in [1.82, 2.24) is 10.1 Å². The van der Waals surface area contributed by atoms with Gasteiger partial charge in [-0.15, -0.1) is 0 Å². The highest BCUT2D eigenvalue weighted by atomic mass is 16.5. The lowest BCUT2D eigenvalue weighted by Gasteiger charge is -2.37. The predicted molar refractivity (Wildman–Crippen MR) is 69.9 cm³/mol. The van der Waals surface area contributed by atoms with Crippen LogP contribution in [-0.2, 0) is 9.53 Å². The number of rotatable bonds is 5. The smallest absolute Gasteiger partial charge is 0.259 e. The lowest BCUT2D eigenvalue weighted by molar-refractivity contribution is -0.121. The zero-order valence-corrected chi connectivity index (χ0v) is 11.7. The Morgan fingerprint density at radius 1 is 1.60 bits per heavy atom. The van der Waals surface area contributed by atoms with Gasteiger partial charge in [0.15, 0.2) is 0 Å². The summed E-state index contributed by atoms with van der Waals surface area (Å²) < 4.78 is 10.0. The fourth-order valence-corrected chi connectivity index (χ4v) is 2.88. The quantitative estimate of drug-likeness (QED) is 0.846. The van der Waals surface area contributed by atoms with Crippen molar-refractivity contribution < 1.29 is 18.8 Å². The zero-order valence-electron chi connectivity index (χ0n) is 11.7. The topological polar surface area (TPSA) is 98.7 Å². The Hall–Kier alpha value is -1.89. The average molecular weight is 281 g/mol. The Morgan fingerprint density at radius 2 is 2.35 bits per heavy atom. The number of nitrogens with two attached hydrogens (primary N) is 1. The molecule has 110 valence electrons. The first-order chi connectivity index (χ1) is 9.50. The molecule has 7 heteroatoms. The summed E-state index contributed by atoms with van der Waals surface area (Å²) in [6.07, 6.45) is 2.93. The minimum Gasteiger partial charge on any atom is -0.382 e. The highest BCUT2D eigenvalue weighted by Gasteiger charge is 2.45. The van der Waals surface area contributed by atoms with Crippen molar-refractivity contribution in [2.45, 2.75) is 31.7 Å². The number of carbonyl (C=O) groups is 2. The van der Waals surface area contributed by atoms with Crippen LogP contribution < -0.4 is 5.73 Å². The van der Waals surface area contributed by atoms with Crippen LogP contribution in [0.15, 0.2) is 10.8 Å². The minimum atomic E-state index is -0.665. The van der Waals surface area contributed by atoms with E-state index in [0.29, 0.717) is 24.2 Å². The summed E-state index contributed by atoms with van der Waals surface area (Å²) in [7, 11) is 1.55. The van der Waals surface area contributed by atoms with E-state index in [-0.39, 0.29) is 18.9 Å². The zero-order chi connectivity index (χ0) is 14.8. The maximum atomic E-state index is 12.6. The molecule has 2 N–H and O–H groups in total. The van der Waals surface area contributed by atoms with Gasteiger partial charge >= 0.3 is 0 Å². The number of aryl methyl sites for hydroxylation is 1. The Labute approximate surface area is 117 Å². The predicted octanol–water partition coefficient (Wildman–Crippen LogP) is 0.480. The van der Waals surface area contributed by atoms with Crippen molar-refractivity contribution >= 4 is 11.8 Å². The molecule has 0 aromatic carbocycles. The maximum Gasteiger partial charge on any atom is 0.259 e. The molecular weight excluding hydrogens is 262 g/mol. The van der Waals surface area contributed by atoms with Crippen LogP contribution in [0.1, 0.15) is 35.3 Å². The molecule has 7 nitrogen and oxygen atoms in total. The molecule has 1 aromatic heterocycles. The normalized spacial score (nSPS) is 22.2. The van der Waals surface area contributed by atoms with Gasteiger partial charge in [-0.05, 0) is 19.8 Å². The second-order valence-corrected chi connectivity index (χ2v) is 5.17. The van der Waals surface area contributed by atoms with Crippen molar-refractivity contribution in [1.29, 1.82) is 0 Å². The number of aromatic nitrogens is 1. The van der Waals surface area contributed by atoms with E-state index < -0.39 is 11.4 Å². The summed E-state index contributed by atoms with van der Waals surface area (Å²) in [5.41, 5.74) is 5.62. The molecule has 1 saturated heterocycles. The third-order valence-electron chi connectivity index (χ3n) is 3.74. The molecule has 0 aliphatic carbocycles. The van der Waals surface area contributed by atoms with Crippen LogP contribution in [0.3, 0.4) is 0 Å². The van der Waals surface area contributed by atoms with Gasteiger partial charge in [0.25, 0.3) is 5.91 Å². The third kappa shape index (κ3) is 2.53. The summed E-state index contributed by atoms with van der Waals surface area (Å²) in [5.74, 6) is -0.636. The van der Waals surface area contributed by atoms with Gasteiger partial charge in [0, 0.05) is 13.7 Å². The van der Waals surface area contributed by atoms with Gasteiger partial charge in [-0.25, -0.2) is 0 Å². The van der Waals surface area contributed by atoms with E-state index in [4.69, 9.17) is 15.0 Å². The number of methoxy groups -OCH3 is 1. The number of primary amides is 1. The Balaban J connectivity index is 2.30. The van der Waals surface area contributed by atoms with E-state index in [1.807, 2.05) is 0 Å². The Kier molecular flexibility index (Phi) is 4.08. The van der Waals surface area contributed by atoms with Gasteiger partial charge in [0.05, 0.1) is 24.3 Å². The van der Waals surface area contributed by atoms with Crippen LogP contribution in [0.4, 0.5) is 0 Å². The summed E-state index contributed by atoms with van der Waals surface area (Å²) in [5, 5.41) is 3.72. The number of hydrogen-bond acceptors (Lipinski definition) is 5. The van der Waals surface area contributed by atoms with Crippen molar-refractivity contribution in [3.05, 3.63) is 17.5 Å². The fraction of sp³-hybridized carbons (Fsp3) is 0.615. The first-order valence-corrected chi connectivity index (χ1v) is 6.50. The molecule has 1 aromatic rings. The van der Waals surface area contributed by atoms with Gasteiger partial charge in [-0.2, -0.15) is 0 Å². The van der Waals surface area contributed by atoms with E-state index >= 15 is 0 Å². The first-order valence-electron chi connectivity index (χ1n) is 6.50. The summed E-state index contributed by atoms with van der Waals surface area (Å²) in [6.45, 7) is 2.56. The van der Waals surface area contributed by atoms with Crippen LogP contribution in [0, 0.1) is 6.92 Å². The molecule has 0 spiro atoms. The first kappa shape index (κ1) is 14.5. The van der Waals surface area contributed by atoms with Gasteiger partial charge in [-0.3, -0.25) is 9.59 Å². The SMILES string of the molecule is COC[C@@]1(CC(N)=O)CCCN1C(=O)c1conc1C. The molecule has 1 aliphatic rings. The van der Waals surface area contributed by atoms with Crippen LogP contribution in [0.25, 0.3) is 0 Å². The van der Waals surface area contributed by atoms with Gasteiger partial charge < -0.3 is 19.9 Å². The van der Waals surface area contributed by atoms with Crippen LogP contribution >= 0.6 is 0 Å². The van der Waals surface area contributed by atoms with E-state index in [9.17, 15) is 9.59 Å². The van der Waals surface area contributed by atoms with Crippen LogP contribution in [0.5, 0.6) is 0 Å². The van der Waals surface area contributed by atoms with Crippen molar-refractivity contribution in [2.75, 3.05) is 20.3 Å². The second-order valence-electron chi connectivity index (χ2n) is 5.17. The largest absolute Gasteiger partial charge is 0.382 e. The lowest BCUT2D eigenvalue weighted by atomic mass is 9.92. The highest BCUT2D eigenvalue weighted by Crippen LogP contribution is 2.34. The molecule has 2 heterocycles. The molecule has 0 saturated carbocycles. The number of nitrogens with zero attached hydrogens (tertiary/aromatic N) is 2. The molecule has 0 radical (unpaired) electrons. The molecule has 2 amide bonds.